The summed E-state index contributed by atoms with van der Waals surface area (Å²) >= 11 is 1.78. The molecule has 1 atom stereocenters. The molecule has 1 N–H and O–H groups in total. The summed E-state index contributed by atoms with van der Waals surface area (Å²) < 4.78 is 1.90. The summed E-state index contributed by atoms with van der Waals surface area (Å²) in [6.45, 7) is 4.74. The van der Waals surface area contributed by atoms with Crippen molar-refractivity contribution in [2.24, 2.45) is 0 Å². The number of rotatable bonds is 5. The molecule has 2 heterocycles. The van der Waals surface area contributed by atoms with Crippen molar-refractivity contribution in [2.45, 2.75) is 26.3 Å². The van der Waals surface area contributed by atoms with E-state index in [9.17, 15) is 4.79 Å². The zero-order valence-corrected chi connectivity index (χ0v) is 15.4. The van der Waals surface area contributed by atoms with Crippen molar-refractivity contribution in [3.63, 3.8) is 0 Å². The van der Waals surface area contributed by atoms with Gasteiger partial charge in [0.2, 0.25) is 0 Å². The highest BCUT2D eigenvalue weighted by molar-refractivity contribution is 7.98. The zero-order valence-electron chi connectivity index (χ0n) is 14.5. The van der Waals surface area contributed by atoms with E-state index >= 15 is 0 Å². The molecule has 1 aromatic carbocycles. The van der Waals surface area contributed by atoms with Crippen molar-refractivity contribution in [3.8, 4) is 5.69 Å². The van der Waals surface area contributed by atoms with Crippen LogP contribution < -0.4 is 5.32 Å². The van der Waals surface area contributed by atoms with E-state index in [0.29, 0.717) is 6.54 Å². The van der Waals surface area contributed by atoms with Gasteiger partial charge < -0.3 is 10.2 Å². The maximum atomic E-state index is 11.9. The zero-order chi connectivity index (χ0) is 17.3. The van der Waals surface area contributed by atoms with E-state index in [0.717, 1.165) is 35.1 Å². The lowest BCUT2D eigenvalue weighted by molar-refractivity contribution is 0.226. The Kier molecular flexibility index (Phi) is 4.80. The van der Waals surface area contributed by atoms with Gasteiger partial charge in [0.15, 0.2) is 11.6 Å². The number of amides is 2. The highest BCUT2D eigenvalue weighted by atomic mass is 32.2. The highest BCUT2D eigenvalue weighted by Gasteiger charge is 2.31. The fourth-order valence-corrected chi connectivity index (χ4v) is 3.21. The number of aryl methyl sites for hydroxylation is 3. The summed E-state index contributed by atoms with van der Waals surface area (Å²) in [5.74, 6) is 2.61. The van der Waals surface area contributed by atoms with Crippen LogP contribution in [0.4, 0.5) is 4.79 Å². The summed E-state index contributed by atoms with van der Waals surface area (Å²) in [5, 5.41) is 7.73. The molecule has 0 bridgehead atoms. The van der Waals surface area contributed by atoms with Crippen molar-refractivity contribution < 1.29 is 4.79 Å². The lowest BCUT2D eigenvalue weighted by Gasteiger charge is -2.13. The van der Waals surface area contributed by atoms with Gasteiger partial charge in [0.25, 0.3) is 0 Å². The minimum Gasteiger partial charge on any atom is -0.326 e. The molecule has 1 fully saturated rings. The molecule has 24 heavy (non-hydrogen) atoms. The Balaban J connectivity index is 2.04. The molecule has 2 amide bonds. The molecule has 6 nitrogen and oxygen atoms in total. The molecule has 1 aliphatic rings. The molecule has 1 aromatic heterocycles. The largest absolute Gasteiger partial charge is 0.326 e. The minimum atomic E-state index is -0.141. The number of carbonyl (C=O) groups is 1. The maximum absolute atomic E-state index is 11.9. The summed E-state index contributed by atoms with van der Waals surface area (Å²) in [5.41, 5.74) is 3.34. The third-order valence-corrected chi connectivity index (χ3v) is 4.82. The molecule has 0 spiro atoms. The summed E-state index contributed by atoms with van der Waals surface area (Å²) in [7, 11) is 1.79. The van der Waals surface area contributed by atoms with Gasteiger partial charge in [-0.05, 0) is 37.3 Å². The van der Waals surface area contributed by atoms with Crippen LogP contribution in [0.25, 0.3) is 5.69 Å². The number of carbonyl (C=O) groups excluding carboxylic acids is 1. The number of nitrogens with one attached hydrogen (secondary N) is 1. The molecular weight excluding hydrogens is 322 g/mol. The van der Waals surface area contributed by atoms with Crippen LogP contribution in [0, 0.1) is 13.8 Å². The number of benzene rings is 1. The lowest BCUT2D eigenvalue weighted by atomic mass is 10.1. The Labute approximate surface area is 146 Å². The van der Waals surface area contributed by atoms with Crippen LogP contribution in [0.2, 0.25) is 0 Å². The van der Waals surface area contributed by atoms with Crippen LogP contribution in [-0.2, 0) is 6.42 Å². The molecule has 1 unspecified atom stereocenters. The molecular formula is C17H23N5OS. The van der Waals surface area contributed by atoms with E-state index in [-0.39, 0.29) is 12.1 Å². The average Bonchev–Trinajstić information content (AvgIpc) is 3.11. The van der Waals surface area contributed by atoms with Gasteiger partial charge in [-0.3, -0.25) is 0 Å². The molecule has 1 aliphatic heterocycles. The first-order chi connectivity index (χ1) is 11.5. The Morgan fingerprint density at radius 2 is 2.17 bits per heavy atom. The van der Waals surface area contributed by atoms with Gasteiger partial charge in [0, 0.05) is 25.8 Å². The molecule has 3 rings (SSSR count). The first-order valence-electron chi connectivity index (χ1n) is 8.03. The standard InChI is InChI=1S/C17H23N5OS/c1-11-5-6-12(2)14(9-11)22-16(13-10-21(3)17(23)18-13)19-15(20-22)7-8-24-4/h5-6,9,13H,7-8,10H2,1-4H3,(H,18,23). The van der Waals surface area contributed by atoms with Gasteiger partial charge in [-0.25, -0.2) is 14.5 Å². The average molecular weight is 345 g/mol. The fraction of sp³-hybridized carbons (Fsp3) is 0.471. The Bertz CT molecular complexity index is 757. The van der Waals surface area contributed by atoms with E-state index in [4.69, 9.17) is 10.1 Å². The Hall–Kier alpha value is -2.02. The van der Waals surface area contributed by atoms with Crippen LogP contribution in [0.1, 0.15) is 28.8 Å². The van der Waals surface area contributed by atoms with E-state index in [1.165, 1.54) is 5.56 Å². The van der Waals surface area contributed by atoms with E-state index in [1.807, 2.05) is 4.68 Å². The Morgan fingerprint density at radius 1 is 1.38 bits per heavy atom. The second-order valence-corrected chi connectivity index (χ2v) is 7.20. The Morgan fingerprint density at radius 3 is 2.83 bits per heavy atom. The molecule has 0 radical (unpaired) electrons. The molecule has 0 saturated carbocycles. The second-order valence-electron chi connectivity index (χ2n) is 6.21. The van der Waals surface area contributed by atoms with E-state index < -0.39 is 0 Å². The lowest BCUT2D eigenvalue weighted by Crippen LogP contribution is -2.24. The number of hydrogen-bond donors (Lipinski definition) is 1. The van der Waals surface area contributed by atoms with Crippen LogP contribution in [-0.4, -0.2) is 51.3 Å². The topological polar surface area (TPSA) is 63.1 Å². The third kappa shape index (κ3) is 3.26. The molecule has 0 aliphatic carbocycles. The molecule has 1 saturated heterocycles. The quantitative estimate of drug-likeness (QED) is 0.904. The first-order valence-corrected chi connectivity index (χ1v) is 9.43. The third-order valence-electron chi connectivity index (χ3n) is 4.21. The number of urea groups is 1. The van der Waals surface area contributed by atoms with Gasteiger partial charge in [-0.2, -0.15) is 16.9 Å². The summed E-state index contributed by atoms with van der Waals surface area (Å²) in [6.07, 6.45) is 2.90. The van der Waals surface area contributed by atoms with Crippen LogP contribution in [0.5, 0.6) is 0 Å². The number of hydrogen-bond acceptors (Lipinski definition) is 4. The van der Waals surface area contributed by atoms with Crippen LogP contribution in [0.3, 0.4) is 0 Å². The normalized spacial score (nSPS) is 17.4. The smallest absolute Gasteiger partial charge is 0.317 e. The van der Waals surface area contributed by atoms with Crippen molar-refractivity contribution in [1.29, 1.82) is 0 Å². The van der Waals surface area contributed by atoms with E-state index in [2.05, 4.69) is 43.6 Å². The maximum Gasteiger partial charge on any atom is 0.317 e. The van der Waals surface area contributed by atoms with E-state index in [1.54, 1.807) is 23.7 Å². The van der Waals surface area contributed by atoms with Gasteiger partial charge >= 0.3 is 6.03 Å². The van der Waals surface area contributed by atoms with Gasteiger partial charge in [-0.15, -0.1) is 0 Å². The number of likely N-dealkylation sites (N-methyl/N-ethyl adjacent to an activating group) is 1. The van der Waals surface area contributed by atoms with Gasteiger partial charge in [-0.1, -0.05) is 12.1 Å². The number of aromatic nitrogens is 3. The monoisotopic (exact) mass is 345 g/mol. The molecule has 7 heteroatoms. The van der Waals surface area contributed by atoms with Crippen LogP contribution >= 0.6 is 11.8 Å². The predicted octanol–water partition coefficient (Wildman–Crippen LogP) is 2.49. The predicted molar refractivity (Wildman–Crippen MR) is 96.8 cm³/mol. The van der Waals surface area contributed by atoms with Gasteiger partial charge in [0.05, 0.1) is 5.69 Å². The van der Waals surface area contributed by atoms with Gasteiger partial charge in [0.1, 0.15) is 6.04 Å². The number of nitrogens with zero attached hydrogens (tertiary/aromatic N) is 4. The second kappa shape index (κ2) is 6.84. The van der Waals surface area contributed by atoms with Crippen molar-refractivity contribution >= 4 is 17.8 Å². The summed E-state index contributed by atoms with van der Waals surface area (Å²) in [6, 6.07) is 6.10. The molecule has 128 valence electrons. The number of thioether (sulfide) groups is 1. The van der Waals surface area contributed by atoms with Crippen LogP contribution in [0.15, 0.2) is 18.2 Å². The van der Waals surface area contributed by atoms with Crippen molar-refractivity contribution in [1.82, 2.24) is 25.0 Å². The fourth-order valence-electron chi connectivity index (χ4n) is 2.83. The molecule has 2 aromatic rings. The van der Waals surface area contributed by atoms with Crippen molar-refractivity contribution in [2.75, 3.05) is 25.6 Å². The summed E-state index contributed by atoms with van der Waals surface area (Å²) in [4.78, 5) is 18.3. The minimum absolute atomic E-state index is 0.0684. The first kappa shape index (κ1) is 16.8. The SMILES string of the molecule is CSCCc1nc(C2CN(C)C(=O)N2)n(-c2cc(C)ccc2C)n1. The van der Waals surface area contributed by atoms with Crippen molar-refractivity contribution in [3.05, 3.63) is 41.0 Å². The highest BCUT2D eigenvalue weighted by Crippen LogP contribution is 2.24.